The molecule has 3 heterocycles. The number of furan rings is 1. The lowest BCUT2D eigenvalue weighted by atomic mass is 10.0. The van der Waals surface area contributed by atoms with E-state index >= 15 is 0 Å². The number of aryl methyl sites for hydroxylation is 1. The van der Waals surface area contributed by atoms with Crippen LogP contribution in [-0.2, 0) is 0 Å². The summed E-state index contributed by atoms with van der Waals surface area (Å²) < 4.78 is 18.7. The number of amides is 2. The number of nitrogens with zero attached hydrogens (tertiary/aromatic N) is 2. The van der Waals surface area contributed by atoms with Gasteiger partial charge in [0.05, 0.1) is 27.8 Å². The van der Waals surface area contributed by atoms with Crippen LogP contribution in [0.5, 0.6) is 0 Å². The lowest BCUT2D eigenvalue weighted by Crippen LogP contribution is -2.56. The largest absolute Gasteiger partial charge is 0.464 e. The number of benzene rings is 2. The van der Waals surface area contributed by atoms with Gasteiger partial charge >= 0.3 is 0 Å². The molecule has 1 saturated heterocycles. The van der Waals surface area contributed by atoms with Gasteiger partial charge in [0.1, 0.15) is 17.1 Å². The Labute approximate surface area is 187 Å². The van der Waals surface area contributed by atoms with Gasteiger partial charge in [-0.25, -0.2) is 9.37 Å². The number of likely N-dealkylation sites (tertiary alicyclic amines) is 1. The van der Waals surface area contributed by atoms with Crippen molar-refractivity contribution >= 4 is 34.1 Å². The molecule has 32 heavy (non-hydrogen) atoms. The van der Waals surface area contributed by atoms with Crippen LogP contribution in [0.3, 0.4) is 0 Å². The highest BCUT2D eigenvalue weighted by atomic mass is 32.1. The van der Waals surface area contributed by atoms with E-state index in [0.29, 0.717) is 29.9 Å². The summed E-state index contributed by atoms with van der Waals surface area (Å²) in [5.41, 5.74) is 2.34. The Morgan fingerprint density at radius 2 is 2.03 bits per heavy atom. The molecule has 0 radical (unpaired) electrons. The summed E-state index contributed by atoms with van der Waals surface area (Å²) in [6, 6.07) is 13.1. The second kappa shape index (κ2) is 8.20. The molecule has 8 heteroatoms. The Hall–Kier alpha value is -3.52. The lowest BCUT2D eigenvalue weighted by Gasteiger charge is -2.40. The van der Waals surface area contributed by atoms with E-state index in [1.165, 1.54) is 23.5 Å². The quantitative estimate of drug-likeness (QED) is 0.481. The zero-order valence-corrected chi connectivity index (χ0v) is 18.1. The van der Waals surface area contributed by atoms with Crippen molar-refractivity contribution in [1.82, 2.24) is 15.2 Å². The minimum atomic E-state index is -0.326. The van der Waals surface area contributed by atoms with Crippen molar-refractivity contribution in [3.05, 3.63) is 76.9 Å². The molecule has 1 atom stereocenters. The second-order valence-corrected chi connectivity index (χ2v) is 8.91. The van der Waals surface area contributed by atoms with Gasteiger partial charge in [-0.15, -0.1) is 11.3 Å². The summed E-state index contributed by atoms with van der Waals surface area (Å²) >= 11 is 1.41. The molecule has 0 unspecified atom stereocenters. The van der Waals surface area contributed by atoms with Gasteiger partial charge in [-0.05, 0) is 49.2 Å². The van der Waals surface area contributed by atoms with Crippen LogP contribution in [0.4, 0.5) is 4.39 Å². The molecule has 1 N–H and O–H groups in total. The molecule has 1 aliphatic heterocycles. The number of fused-ring (bicyclic) bond motifs is 1. The third-order valence-corrected chi connectivity index (χ3v) is 6.71. The monoisotopic (exact) mass is 449 g/mol. The van der Waals surface area contributed by atoms with Gasteiger partial charge in [-0.3, -0.25) is 9.59 Å². The summed E-state index contributed by atoms with van der Waals surface area (Å²) in [5, 5.41) is 4.47. The summed E-state index contributed by atoms with van der Waals surface area (Å²) in [6.07, 6.45) is 2.36. The van der Waals surface area contributed by atoms with Crippen LogP contribution in [0.1, 0.15) is 32.3 Å². The average molecular weight is 450 g/mol. The van der Waals surface area contributed by atoms with E-state index in [0.717, 1.165) is 27.3 Å². The van der Waals surface area contributed by atoms with Gasteiger partial charge in [0.15, 0.2) is 0 Å². The Kier molecular flexibility index (Phi) is 5.22. The fourth-order valence-electron chi connectivity index (χ4n) is 3.92. The Bertz CT molecular complexity index is 1310. The molecule has 0 spiro atoms. The molecule has 6 nitrogen and oxygen atoms in total. The second-order valence-electron chi connectivity index (χ2n) is 7.71. The predicted octanol–water partition coefficient (Wildman–Crippen LogP) is 4.65. The summed E-state index contributed by atoms with van der Waals surface area (Å²) in [6.45, 7) is 2.81. The molecular formula is C24H20FN3O3S. The van der Waals surface area contributed by atoms with Crippen molar-refractivity contribution in [3.63, 3.8) is 0 Å². The van der Waals surface area contributed by atoms with Gasteiger partial charge in [-0.2, -0.15) is 0 Å². The lowest BCUT2D eigenvalue weighted by molar-refractivity contribution is 0.0451. The number of hydrogen-bond donors (Lipinski definition) is 1. The first-order valence-corrected chi connectivity index (χ1v) is 11.1. The molecule has 0 saturated carbocycles. The van der Waals surface area contributed by atoms with E-state index in [-0.39, 0.29) is 23.7 Å². The summed E-state index contributed by atoms with van der Waals surface area (Å²) in [7, 11) is 0. The van der Waals surface area contributed by atoms with E-state index in [2.05, 4.69) is 10.3 Å². The molecule has 1 aliphatic rings. The zero-order valence-electron chi connectivity index (χ0n) is 17.3. The van der Waals surface area contributed by atoms with E-state index in [9.17, 15) is 14.0 Å². The van der Waals surface area contributed by atoms with Crippen LogP contribution in [0.25, 0.3) is 21.4 Å². The first-order valence-electron chi connectivity index (χ1n) is 10.3. The maximum Gasteiger partial charge on any atom is 0.274 e. The van der Waals surface area contributed by atoms with Crippen LogP contribution in [-0.4, -0.2) is 40.8 Å². The number of halogens is 1. The standard InChI is InChI=1S/C24H20FN3O3S/c1-14-27-21(22(32-14)15-5-7-16(25)8-6-15)24(30)28-11-9-17(28)13-26-23(29)19-3-2-4-20-18(19)10-12-31-20/h2-8,10,12,17H,9,11,13H2,1H3,(H,26,29)/t17-/m1/s1. The number of thiazole rings is 1. The van der Waals surface area contributed by atoms with Crippen molar-refractivity contribution in [2.75, 3.05) is 13.1 Å². The molecule has 2 aromatic carbocycles. The van der Waals surface area contributed by atoms with Crippen LogP contribution < -0.4 is 5.32 Å². The molecule has 162 valence electrons. The van der Waals surface area contributed by atoms with Crippen LogP contribution in [0, 0.1) is 12.7 Å². The molecule has 5 rings (SSSR count). The molecule has 4 aromatic rings. The smallest absolute Gasteiger partial charge is 0.274 e. The van der Waals surface area contributed by atoms with Crippen LogP contribution in [0.2, 0.25) is 0 Å². The molecule has 0 bridgehead atoms. The highest BCUT2D eigenvalue weighted by Crippen LogP contribution is 2.33. The van der Waals surface area contributed by atoms with Crippen LogP contribution >= 0.6 is 11.3 Å². The number of carbonyl (C=O) groups is 2. The first-order chi connectivity index (χ1) is 15.5. The van der Waals surface area contributed by atoms with E-state index in [1.54, 1.807) is 41.5 Å². The number of rotatable bonds is 5. The Morgan fingerprint density at radius 3 is 2.78 bits per heavy atom. The van der Waals surface area contributed by atoms with E-state index in [1.807, 2.05) is 13.0 Å². The third kappa shape index (κ3) is 3.67. The molecule has 2 amide bonds. The molecule has 2 aromatic heterocycles. The molecular weight excluding hydrogens is 429 g/mol. The van der Waals surface area contributed by atoms with Gasteiger partial charge < -0.3 is 14.6 Å². The summed E-state index contributed by atoms with van der Waals surface area (Å²) in [5.74, 6) is -0.698. The van der Waals surface area contributed by atoms with E-state index in [4.69, 9.17) is 4.42 Å². The van der Waals surface area contributed by atoms with Gasteiger partial charge in [0.2, 0.25) is 0 Å². The maximum atomic E-state index is 13.3. The highest BCUT2D eigenvalue weighted by Gasteiger charge is 2.35. The Morgan fingerprint density at radius 1 is 1.22 bits per heavy atom. The first kappa shape index (κ1) is 20.4. The van der Waals surface area contributed by atoms with Crippen molar-refractivity contribution in [3.8, 4) is 10.4 Å². The normalized spacial score (nSPS) is 15.6. The van der Waals surface area contributed by atoms with Gasteiger partial charge in [0.25, 0.3) is 11.8 Å². The fraction of sp³-hybridized carbons (Fsp3) is 0.208. The van der Waals surface area contributed by atoms with E-state index < -0.39 is 0 Å². The fourth-order valence-corrected chi connectivity index (χ4v) is 4.84. The minimum absolute atomic E-state index is 0.0990. The van der Waals surface area contributed by atoms with Crippen molar-refractivity contribution < 1.29 is 18.4 Å². The topological polar surface area (TPSA) is 75.4 Å². The van der Waals surface area contributed by atoms with Gasteiger partial charge in [-0.1, -0.05) is 18.2 Å². The molecule has 0 aliphatic carbocycles. The zero-order chi connectivity index (χ0) is 22.2. The third-order valence-electron chi connectivity index (χ3n) is 5.69. The van der Waals surface area contributed by atoms with Crippen LogP contribution in [0.15, 0.2) is 59.2 Å². The average Bonchev–Trinajstić information content (AvgIpc) is 3.40. The molecule has 1 fully saturated rings. The van der Waals surface area contributed by atoms with Crippen molar-refractivity contribution in [2.24, 2.45) is 0 Å². The number of carbonyl (C=O) groups excluding carboxylic acids is 2. The maximum absolute atomic E-state index is 13.3. The number of nitrogens with one attached hydrogen (secondary N) is 1. The van der Waals surface area contributed by atoms with Crippen molar-refractivity contribution in [1.29, 1.82) is 0 Å². The SMILES string of the molecule is Cc1nc(C(=O)N2CC[C@@H]2CNC(=O)c2cccc3occc23)c(-c2ccc(F)cc2)s1. The highest BCUT2D eigenvalue weighted by molar-refractivity contribution is 7.15. The number of hydrogen-bond acceptors (Lipinski definition) is 5. The van der Waals surface area contributed by atoms with Crippen molar-refractivity contribution in [2.45, 2.75) is 19.4 Å². The summed E-state index contributed by atoms with van der Waals surface area (Å²) in [4.78, 5) is 32.9. The minimum Gasteiger partial charge on any atom is -0.464 e. The van der Waals surface area contributed by atoms with Gasteiger partial charge in [0, 0.05) is 18.5 Å². The number of aromatic nitrogens is 1. The predicted molar refractivity (Wildman–Crippen MR) is 120 cm³/mol. The Balaban J connectivity index is 1.30.